The highest BCUT2D eigenvalue weighted by molar-refractivity contribution is 5.94. The topological polar surface area (TPSA) is 104 Å². The SMILES string of the molecule is COc1c2c(cc3c1[C@H](c1nnnn1-c1ccc(C(=O)NC(C)(C)C)cc1)N(C)CC3)OCO2. The number of hydrogen-bond acceptors (Lipinski definition) is 8. The third-order valence-corrected chi connectivity index (χ3v) is 6.00. The van der Waals surface area contributed by atoms with Crippen LogP contribution in [0.4, 0.5) is 0 Å². The van der Waals surface area contributed by atoms with Crippen LogP contribution in [0.1, 0.15) is 54.1 Å². The second-order valence-electron chi connectivity index (χ2n) is 9.55. The van der Waals surface area contributed by atoms with E-state index in [1.165, 1.54) is 0 Å². The number of methoxy groups -OCH3 is 1. The lowest BCUT2D eigenvalue weighted by Crippen LogP contribution is -2.40. The molecule has 1 aromatic heterocycles. The molecule has 0 saturated carbocycles. The maximum atomic E-state index is 12.5. The fraction of sp³-hybridized carbons (Fsp3) is 0.417. The van der Waals surface area contributed by atoms with Crippen molar-refractivity contribution in [2.45, 2.75) is 38.8 Å². The number of nitrogens with zero attached hydrogens (tertiary/aromatic N) is 5. The number of rotatable bonds is 4. The number of ether oxygens (including phenoxy) is 3. The first-order valence-corrected chi connectivity index (χ1v) is 11.2. The largest absolute Gasteiger partial charge is 0.492 e. The Balaban J connectivity index is 1.54. The number of benzene rings is 2. The second-order valence-corrected chi connectivity index (χ2v) is 9.55. The molecule has 0 aliphatic carbocycles. The minimum Gasteiger partial charge on any atom is -0.492 e. The lowest BCUT2D eigenvalue weighted by atomic mass is 9.90. The molecule has 5 rings (SSSR count). The van der Waals surface area contributed by atoms with Crippen LogP contribution in [-0.4, -0.2) is 64.0 Å². The van der Waals surface area contributed by atoms with E-state index < -0.39 is 0 Å². The van der Waals surface area contributed by atoms with Gasteiger partial charge in [0.2, 0.25) is 12.5 Å². The molecule has 178 valence electrons. The summed E-state index contributed by atoms with van der Waals surface area (Å²) in [5, 5.41) is 15.6. The summed E-state index contributed by atoms with van der Waals surface area (Å²) in [6, 6.07) is 9.01. The van der Waals surface area contributed by atoms with E-state index in [9.17, 15) is 4.79 Å². The van der Waals surface area contributed by atoms with E-state index >= 15 is 0 Å². The van der Waals surface area contributed by atoms with Gasteiger partial charge in [-0.2, -0.15) is 4.68 Å². The molecule has 10 nitrogen and oxygen atoms in total. The van der Waals surface area contributed by atoms with E-state index in [-0.39, 0.29) is 24.3 Å². The predicted octanol–water partition coefficient (Wildman–Crippen LogP) is 2.51. The first-order valence-electron chi connectivity index (χ1n) is 11.2. The Kier molecular flexibility index (Phi) is 5.40. The van der Waals surface area contributed by atoms with Crippen molar-refractivity contribution in [3.63, 3.8) is 0 Å². The molecule has 2 aliphatic rings. The van der Waals surface area contributed by atoms with Gasteiger partial charge in [0.05, 0.1) is 12.8 Å². The normalized spacial score (nSPS) is 17.4. The number of hydrogen-bond donors (Lipinski definition) is 1. The fourth-order valence-electron chi connectivity index (χ4n) is 4.47. The average molecular weight is 465 g/mol. The number of tetrazole rings is 1. The number of fused-ring (bicyclic) bond motifs is 2. The Bertz CT molecular complexity index is 1230. The molecule has 1 N–H and O–H groups in total. The molecule has 1 atom stereocenters. The Morgan fingerprint density at radius 2 is 1.97 bits per heavy atom. The van der Waals surface area contributed by atoms with E-state index in [1.807, 2.05) is 46.0 Å². The molecule has 34 heavy (non-hydrogen) atoms. The third kappa shape index (κ3) is 3.83. The average Bonchev–Trinajstić information content (AvgIpc) is 3.46. The van der Waals surface area contributed by atoms with Crippen LogP contribution in [0.3, 0.4) is 0 Å². The molecule has 1 amide bonds. The number of nitrogens with one attached hydrogen (secondary N) is 1. The van der Waals surface area contributed by atoms with Crippen molar-refractivity contribution in [3.8, 4) is 22.9 Å². The Morgan fingerprint density at radius 3 is 2.68 bits per heavy atom. The highest BCUT2D eigenvalue weighted by Crippen LogP contribution is 2.50. The van der Waals surface area contributed by atoms with Gasteiger partial charge in [-0.1, -0.05) is 0 Å². The van der Waals surface area contributed by atoms with E-state index in [4.69, 9.17) is 14.2 Å². The second kappa shape index (κ2) is 8.28. The molecule has 0 fully saturated rings. The summed E-state index contributed by atoms with van der Waals surface area (Å²) in [7, 11) is 3.67. The van der Waals surface area contributed by atoms with Crippen LogP contribution in [0, 0.1) is 0 Å². The molecule has 0 bridgehead atoms. The Hall–Kier alpha value is -3.66. The number of amides is 1. The summed E-state index contributed by atoms with van der Waals surface area (Å²) in [6.45, 7) is 6.84. The molecule has 3 aromatic rings. The van der Waals surface area contributed by atoms with Crippen molar-refractivity contribution < 1.29 is 19.0 Å². The van der Waals surface area contributed by atoms with Gasteiger partial charge in [0.1, 0.15) is 6.04 Å². The summed E-state index contributed by atoms with van der Waals surface area (Å²) >= 11 is 0. The molecule has 0 radical (unpaired) electrons. The lowest BCUT2D eigenvalue weighted by molar-refractivity contribution is 0.0919. The van der Waals surface area contributed by atoms with Gasteiger partial charge < -0.3 is 19.5 Å². The molecule has 10 heteroatoms. The fourth-order valence-corrected chi connectivity index (χ4v) is 4.47. The number of likely N-dealkylation sites (N-methyl/N-ethyl adjacent to an activating group) is 1. The Morgan fingerprint density at radius 1 is 1.21 bits per heavy atom. The van der Waals surface area contributed by atoms with Gasteiger partial charge in [-0.15, -0.1) is 5.10 Å². The molecule has 3 heterocycles. The summed E-state index contributed by atoms with van der Waals surface area (Å²) in [5.41, 5.74) is 3.10. The Labute approximate surface area is 197 Å². The quantitative estimate of drug-likeness (QED) is 0.628. The van der Waals surface area contributed by atoms with Gasteiger partial charge in [-0.05, 0) is 80.6 Å². The van der Waals surface area contributed by atoms with Gasteiger partial charge in [0, 0.05) is 23.2 Å². The first-order chi connectivity index (χ1) is 16.3. The van der Waals surface area contributed by atoms with E-state index in [1.54, 1.807) is 23.9 Å². The molecule has 0 saturated heterocycles. The van der Waals surface area contributed by atoms with Gasteiger partial charge in [-0.3, -0.25) is 9.69 Å². The minimum absolute atomic E-state index is 0.127. The van der Waals surface area contributed by atoms with Crippen molar-refractivity contribution in [2.75, 3.05) is 27.5 Å². The van der Waals surface area contributed by atoms with E-state index in [2.05, 4.69) is 25.7 Å². The van der Waals surface area contributed by atoms with Crippen LogP contribution >= 0.6 is 0 Å². The van der Waals surface area contributed by atoms with Crippen molar-refractivity contribution in [1.82, 2.24) is 30.4 Å². The highest BCUT2D eigenvalue weighted by atomic mass is 16.7. The maximum absolute atomic E-state index is 12.5. The molecular formula is C24H28N6O4. The first kappa shape index (κ1) is 22.1. The molecule has 2 aliphatic heterocycles. The van der Waals surface area contributed by atoms with Crippen LogP contribution in [0.5, 0.6) is 17.2 Å². The molecular weight excluding hydrogens is 436 g/mol. The zero-order valence-electron chi connectivity index (χ0n) is 20.0. The number of carbonyl (C=O) groups excluding carboxylic acids is 1. The van der Waals surface area contributed by atoms with E-state index in [0.29, 0.717) is 28.6 Å². The zero-order valence-corrected chi connectivity index (χ0v) is 20.0. The zero-order chi connectivity index (χ0) is 24.0. The third-order valence-electron chi connectivity index (χ3n) is 6.00. The van der Waals surface area contributed by atoms with Crippen molar-refractivity contribution in [2.24, 2.45) is 0 Å². The van der Waals surface area contributed by atoms with Crippen molar-refractivity contribution in [3.05, 3.63) is 52.8 Å². The number of carbonyl (C=O) groups is 1. The lowest BCUT2D eigenvalue weighted by Gasteiger charge is -2.34. The summed E-state index contributed by atoms with van der Waals surface area (Å²) in [5.74, 6) is 2.47. The summed E-state index contributed by atoms with van der Waals surface area (Å²) in [6.07, 6.45) is 0.842. The monoisotopic (exact) mass is 464 g/mol. The molecule has 0 spiro atoms. The van der Waals surface area contributed by atoms with Crippen molar-refractivity contribution >= 4 is 5.91 Å². The minimum atomic E-state index is -0.314. The van der Waals surface area contributed by atoms with Crippen LogP contribution in [0.25, 0.3) is 5.69 Å². The molecule has 2 aromatic carbocycles. The molecule has 0 unspecified atom stereocenters. The van der Waals surface area contributed by atoms with Gasteiger partial charge in [0.25, 0.3) is 5.91 Å². The number of aromatic nitrogens is 4. The van der Waals surface area contributed by atoms with Gasteiger partial charge >= 0.3 is 0 Å². The van der Waals surface area contributed by atoms with Crippen LogP contribution < -0.4 is 19.5 Å². The van der Waals surface area contributed by atoms with Gasteiger partial charge in [0.15, 0.2) is 17.3 Å². The smallest absolute Gasteiger partial charge is 0.251 e. The van der Waals surface area contributed by atoms with Crippen LogP contribution in [0.15, 0.2) is 30.3 Å². The van der Waals surface area contributed by atoms with E-state index in [0.717, 1.165) is 29.8 Å². The predicted molar refractivity (Wildman–Crippen MR) is 124 cm³/mol. The summed E-state index contributed by atoms with van der Waals surface area (Å²) < 4.78 is 18.8. The van der Waals surface area contributed by atoms with Crippen LogP contribution in [-0.2, 0) is 6.42 Å². The maximum Gasteiger partial charge on any atom is 0.251 e. The van der Waals surface area contributed by atoms with Gasteiger partial charge in [-0.25, -0.2) is 0 Å². The van der Waals surface area contributed by atoms with Crippen LogP contribution in [0.2, 0.25) is 0 Å². The summed E-state index contributed by atoms with van der Waals surface area (Å²) in [4.78, 5) is 14.7. The standard InChI is InChI=1S/C24H28N6O4/c1-24(2,3)25-23(31)14-6-8-16(9-7-14)30-22(26-27-28-30)19-18-15(10-11-29(19)4)12-17-20(21(18)32-5)34-13-33-17/h6-9,12,19H,10-11,13H2,1-5H3,(H,25,31)/t19-/m1/s1. The van der Waals surface area contributed by atoms with Crippen molar-refractivity contribution in [1.29, 1.82) is 0 Å². The highest BCUT2D eigenvalue weighted by Gasteiger charge is 2.37.